The van der Waals surface area contributed by atoms with Crippen molar-refractivity contribution in [2.75, 3.05) is 16.8 Å². The summed E-state index contributed by atoms with van der Waals surface area (Å²) in [5.41, 5.74) is 5.10. The molecule has 26 heavy (non-hydrogen) atoms. The van der Waals surface area contributed by atoms with Gasteiger partial charge in [-0.3, -0.25) is 10.1 Å². The molecule has 3 nitrogen and oxygen atoms in total. The van der Waals surface area contributed by atoms with Gasteiger partial charge in [-0.05, 0) is 24.6 Å². The van der Waals surface area contributed by atoms with Gasteiger partial charge in [0.25, 0.3) is 5.91 Å². The molecule has 0 saturated carbocycles. The van der Waals surface area contributed by atoms with Gasteiger partial charge in [-0.2, -0.15) is 0 Å². The summed E-state index contributed by atoms with van der Waals surface area (Å²) in [6.07, 6.45) is 0. The topological polar surface area (TPSA) is 42.0 Å². The van der Waals surface area contributed by atoms with E-state index in [1.165, 1.54) is 34.0 Å². The molecule has 1 N–H and O–H groups in total. The van der Waals surface area contributed by atoms with Gasteiger partial charge in [-0.1, -0.05) is 42.0 Å². The number of thiazole rings is 1. The zero-order valence-electron chi connectivity index (χ0n) is 14.3. The van der Waals surface area contributed by atoms with Crippen LogP contribution in [0.15, 0.2) is 53.9 Å². The first kappa shape index (κ1) is 17.6. The van der Waals surface area contributed by atoms with Crippen LogP contribution in [0.5, 0.6) is 0 Å². The fourth-order valence-corrected chi connectivity index (χ4v) is 6.27. The van der Waals surface area contributed by atoms with Crippen molar-refractivity contribution in [3.63, 3.8) is 0 Å². The molecular weight excluding hydrogens is 380 g/mol. The number of nitrogens with zero attached hydrogens (tertiary/aromatic N) is 1. The SMILES string of the molecule is Cc1ccc(-c2csc(NC(=O)c3ccc(C4SCCS4)cc3)n2)cc1. The summed E-state index contributed by atoms with van der Waals surface area (Å²) >= 11 is 5.38. The second-order valence-electron chi connectivity index (χ2n) is 6.05. The van der Waals surface area contributed by atoms with E-state index >= 15 is 0 Å². The summed E-state index contributed by atoms with van der Waals surface area (Å²) in [5, 5.41) is 5.50. The highest BCUT2D eigenvalue weighted by molar-refractivity contribution is 8.19. The Morgan fingerprint density at radius 2 is 1.73 bits per heavy atom. The molecule has 132 valence electrons. The minimum atomic E-state index is -0.118. The van der Waals surface area contributed by atoms with E-state index in [2.05, 4.69) is 41.5 Å². The van der Waals surface area contributed by atoms with Crippen LogP contribution in [0, 0.1) is 6.92 Å². The molecule has 1 amide bonds. The van der Waals surface area contributed by atoms with Crippen molar-refractivity contribution in [1.82, 2.24) is 4.98 Å². The van der Waals surface area contributed by atoms with Crippen LogP contribution in [0.25, 0.3) is 11.3 Å². The van der Waals surface area contributed by atoms with Crippen LogP contribution < -0.4 is 5.32 Å². The van der Waals surface area contributed by atoms with E-state index < -0.39 is 0 Å². The van der Waals surface area contributed by atoms with E-state index in [-0.39, 0.29) is 5.91 Å². The van der Waals surface area contributed by atoms with Gasteiger partial charge in [0.2, 0.25) is 0 Å². The van der Waals surface area contributed by atoms with Crippen molar-refractivity contribution in [2.45, 2.75) is 11.5 Å². The van der Waals surface area contributed by atoms with Crippen LogP contribution in [-0.2, 0) is 0 Å². The number of benzene rings is 2. The zero-order chi connectivity index (χ0) is 17.9. The van der Waals surface area contributed by atoms with E-state index in [4.69, 9.17) is 0 Å². The molecule has 4 rings (SSSR count). The van der Waals surface area contributed by atoms with Gasteiger partial charge in [0.1, 0.15) is 0 Å². The summed E-state index contributed by atoms with van der Waals surface area (Å²) in [6, 6.07) is 16.2. The lowest BCUT2D eigenvalue weighted by Gasteiger charge is -2.09. The highest BCUT2D eigenvalue weighted by Gasteiger charge is 2.18. The molecule has 0 bridgehead atoms. The lowest BCUT2D eigenvalue weighted by molar-refractivity contribution is 0.102. The average Bonchev–Trinajstić information content (AvgIpc) is 3.35. The Bertz CT molecular complexity index is 898. The molecule has 3 aromatic rings. The average molecular weight is 399 g/mol. The van der Waals surface area contributed by atoms with E-state index in [9.17, 15) is 4.79 Å². The molecule has 0 radical (unpaired) electrons. The maximum absolute atomic E-state index is 12.5. The minimum absolute atomic E-state index is 0.118. The number of aryl methyl sites for hydroxylation is 1. The number of carbonyl (C=O) groups is 1. The predicted octanol–water partition coefficient (Wildman–Crippen LogP) is 5.85. The Balaban J connectivity index is 1.44. The predicted molar refractivity (Wildman–Crippen MR) is 114 cm³/mol. The second-order valence-corrected chi connectivity index (χ2v) is 9.64. The van der Waals surface area contributed by atoms with Crippen molar-refractivity contribution in [3.8, 4) is 11.3 Å². The van der Waals surface area contributed by atoms with Crippen molar-refractivity contribution < 1.29 is 4.79 Å². The highest BCUT2D eigenvalue weighted by Crippen LogP contribution is 2.45. The normalized spacial score (nSPS) is 14.5. The molecule has 1 aliphatic heterocycles. The van der Waals surface area contributed by atoms with Crippen molar-refractivity contribution in [2.24, 2.45) is 0 Å². The van der Waals surface area contributed by atoms with Gasteiger partial charge in [0.05, 0.1) is 10.3 Å². The number of hydrogen-bond donors (Lipinski definition) is 1. The fourth-order valence-electron chi connectivity index (χ4n) is 2.70. The number of amides is 1. The molecule has 2 aromatic carbocycles. The van der Waals surface area contributed by atoms with Crippen LogP contribution in [-0.4, -0.2) is 22.4 Å². The first-order valence-electron chi connectivity index (χ1n) is 8.36. The standard InChI is InChI=1S/C20H18N2OS3/c1-13-2-4-14(5-3-13)17-12-26-20(21-17)22-18(23)15-6-8-16(9-7-15)19-24-10-11-25-19/h2-9,12,19H,10-11H2,1H3,(H,21,22,23). The minimum Gasteiger partial charge on any atom is -0.298 e. The fraction of sp³-hybridized carbons (Fsp3) is 0.200. The number of aromatic nitrogens is 1. The van der Waals surface area contributed by atoms with Gasteiger partial charge in [-0.15, -0.1) is 34.9 Å². The molecule has 0 unspecified atom stereocenters. The van der Waals surface area contributed by atoms with Gasteiger partial charge in [-0.25, -0.2) is 4.98 Å². The Kier molecular flexibility index (Phi) is 5.33. The Morgan fingerprint density at radius 1 is 1.04 bits per heavy atom. The van der Waals surface area contributed by atoms with E-state index in [0.29, 0.717) is 15.3 Å². The molecule has 1 aliphatic rings. The van der Waals surface area contributed by atoms with E-state index in [1.54, 1.807) is 0 Å². The summed E-state index contributed by atoms with van der Waals surface area (Å²) in [6.45, 7) is 2.06. The molecule has 1 saturated heterocycles. The van der Waals surface area contributed by atoms with Crippen LogP contribution in [0.2, 0.25) is 0 Å². The molecule has 1 aromatic heterocycles. The third kappa shape index (κ3) is 3.98. The quantitative estimate of drug-likeness (QED) is 0.599. The number of rotatable bonds is 4. The number of anilines is 1. The van der Waals surface area contributed by atoms with Crippen molar-refractivity contribution in [1.29, 1.82) is 0 Å². The molecule has 2 heterocycles. The molecule has 1 fully saturated rings. The largest absolute Gasteiger partial charge is 0.298 e. The van der Waals surface area contributed by atoms with Crippen LogP contribution >= 0.6 is 34.9 Å². The Morgan fingerprint density at radius 3 is 2.42 bits per heavy atom. The molecular formula is C20H18N2OS3. The monoisotopic (exact) mass is 398 g/mol. The maximum Gasteiger partial charge on any atom is 0.257 e. The lowest BCUT2D eigenvalue weighted by Crippen LogP contribution is -2.11. The number of hydrogen-bond acceptors (Lipinski definition) is 5. The lowest BCUT2D eigenvalue weighted by atomic mass is 10.1. The Hall–Kier alpha value is -1.76. The van der Waals surface area contributed by atoms with Crippen LogP contribution in [0.3, 0.4) is 0 Å². The van der Waals surface area contributed by atoms with Crippen LogP contribution in [0.1, 0.15) is 26.1 Å². The highest BCUT2D eigenvalue weighted by atomic mass is 32.2. The third-order valence-electron chi connectivity index (χ3n) is 4.14. The smallest absolute Gasteiger partial charge is 0.257 e. The van der Waals surface area contributed by atoms with Crippen LogP contribution in [0.4, 0.5) is 5.13 Å². The van der Waals surface area contributed by atoms with E-state index in [0.717, 1.165) is 11.3 Å². The van der Waals surface area contributed by atoms with E-state index in [1.807, 2.05) is 53.2 Å². The third-order valence-corrected chi connectivity index (χ3v) is 8.00. The van der Waals surface area contributed by atoms with Crippen molar-refractivity contribution >= 4 is 45.9 Å². The molecule has 6 heteroatoms. The first-order chi connectivity index (χ1) is 12.7. The second kappa shape index (κ2) is 7.86. The van der Waals surface area contributed by atoms with Gasteiger partial charge in [0.15, 0.2) is 5.13 Å². The summed E-state index contributed by atoms with van der Waals surface area (Å²) < 4.78 is 0.503. The summed E-state index contributed by atoms with van der Waals surface area (Å²) in [4.78, 5) is 17.0. The van der Waals surface area contributed by atoms with Crippen molar-refractivity contribution in [3.05, 3.63) is 70.6 Å². The Labute approximate surface area is 165 Å². The summed E-state index contributed by atoms with van der Waals surface area (Å²) in [5.74, 6) is 2.28. The van der Waals surface area contributed by atoms with Gasteiger partial charge < -0.3 is 0 Å². The maximum atomic E-state index is 12.5. The van der Waals surface area contributed by atoms with Gasteiger partial charge >= 0.3 is 0 Å². The number of thioether (sulfide) groups is 2. The molecule has 0 atom stereocenters. The molecule has 0 spiro atoms. The van der Waals surface area contributed by atoms with Gasteiger partial charge in [0, 0.05) is 28.0 Å². The summed E-state index contributed by atoms with van der Waals surface area (Å²) in [7, 11) is 0. The number of carbonyl (C=O) groups excluding carboxylic acids is 1. The zero-order valence-corrected chi connectivity index (χ0v) is 16.7. The molecule has 0 aliphatic carbocycles. The number of nitrogens with one attached hydrogen (secondary N) is 1. The first-order valence-corrected chi connectivity index (χ1v) is 11.3.